The smallest absolute Gasteiger partial charge is 0.259 e. The number of carbonyl (C=O) groups is 2. The number of hydrogen-bond donors (Lipinski definition) is 1. The lowest BCUT2D eigenvalue weighted by atomic mass is 9.96. The molecule has 4 rings (SSSR count). The lowest BCUT2D eigenvalue weighted by Crippen LogP contribution is -2.40. The number of rotatable bonds is 7. The molecule has 1 aliphatic carbocycles. The van der Waals surface area contributed by atoms with Crippen LogP contribution >= 0.6 is 0 Å². The number of amides is 2. The molecular weight excluding hydrogens is 442 g/mol. The van der Waals surface area contributed by atoms with Crippen LogP contribution in [0.5, 0.6) is 0 Å². The Bertz CT molecular complexity index is 1050. The lowest BCUT2D eigenvalue weighted by molar-refractivity contribution is 0.0779. The van der Waals surface area contributed by atoms with Gasteiger partial charge in [-0.15, -0.1) is 0 Å². The zero-order valence-corrected chi connectivity index (χ0v) is 20.7. The molecule has 1 aromatic carbocycles. The number of ether oxygens (including phenoxy) is 1. The van der Waals surface area contributed by atoms with Gasteiger partial charge in [0.25, 0.3) is 11.8 Å². The predicted molar refractivity (Wildman–Crippen MR) is 135 cm³/mol. The zero-order chi connectivity index (χ0) is 24.6. The second-order valence-corrected chi connectivity index (χ2v) is 9.91. The quantitative estimate of drug-likeness (QED) is 0.647. The minimum atomic E-state index is -0.512. The largest absolute Gasteiger partial charge is 0.376 e. The topological polar surface area (TPSA) is 80.6 Å². The Labute approximate surface area is 207 Å². The maximum atomic E-state index is 13.4. The molecule has 2 aromatic rings. The van der Waals surface area contributed by atoms with E-state index in [9.17, 15) is 14.4 Å². The molecule has 188 valence electrons. The average molecular weight is 480 g/mol. The van der Waals surface area contributed by atoms with Gasteiger partial charge in [0.2, 0.25) is 5.43 Å². The highest BCUT2D eigenvalue weighted by Gasteiger charge is 2.25. The predicted octanol–water partition coefficient (Wildman–Crippen LogP) is 4.14. The van der Waals surface area contributed by atoms with Crippen LogP contribution in [-0.2, 0) is 17.8 Å². The van der Waals surface area contributed by atoms with Crippen LogP contribution in [0.3, 0.4) is 0 Å². The van der Waals surface area contributed by atoms with E-state index in [1.54, 1.807) is 24.0 Å². The Kier molecular flexibility index (Phi) is 8.74. The van der Waals surface area contributed by atoms with Gasteiger partial charge in [0.1, 0.15) is 11.1 Å². The fraction of sp³-hybridized carbons (Fsp3) is 0.536. The molecule has 0 radical (unpaired) electrons. The molecule has 1 saturated heterocycles. The summed E-state index contributed by atoms with van der Waals surface area (Å²) < 4.78 is 7.55. The van der Waals surface area contributed by atoms with Crippen molar-refractivity contribution in [3.63, 3.8) is 0 Å². The number of aromatic nitrogens is 1. The Hall–Kier alpha value is -2.93. The summed E-state index contributed by atoms with van der Waals surface area (Å²) in [6.07, 6.45) is 12.7. The number of hydrogen-bond acceptors (Lipinski definition) is 4. The molecule has 1 saturated carbocycles. The van der Waals surface area contributed by atoms with Crippen molar-refractivity contribution >= 4 is 11.8 Å². The summed E-state index contributed by atoms with van der Waals surface area (Å²) in [5.74, 6) is -0.775. The van der Waals surface area contributed by atoms with E-state index in [1.165, 1.54) is 24.2 Å². The van der Waals surface area contributed by atoms with Gasteiger partial charge in [-0.05, 0) is 31.2 Å². The Morgan fingerprint density at radius 1 is 0.971 bits per heavy atom. The summed E-state index contributed by atoms with van der Waals surface area (Å²) in [7, 11) is 1.68. The van der Waals surface area contributed by atoms with E-state index < -0.39 is 5.43 Å². The van der Waals surface area contributed by atoms with Gasteiger partial charge < -0.3 is 19.5 Å². The highest BCUT2D eigenvalue weighted by molar-refractivity contribution is 5.99. The van der Waals surface area contributed by atoms with Crippen molar-refractivity contribution in [2.75, 3.05) is 13.7 Å². The summed E-state index contributed by atoms with van der Waals surface area (Å²) in [6, 6.07) is 9.71. The summed E-state index contributed by atoms with van der Waals surface area (Å²) in [6.45, 7) is 1.60. The molecule has 2 aliphatic rings. The van der Waals surface area contributed by atoms with E-state index in [0.717, 1.165) is 44.1 Å². The van der Waals surface area contributed by atoms with Gasteiger partial charge >= 0.3 is 0 Å². The number of nitrogens with zero attached hydrogens (tertiary/aromatic N) is 2. The Morgan fingerprint density at radius 2 is 1.66 bits per heavy atom. The van der Waals surface area contributed by atoms with E-state index in [2.05, 4.69) is 5.32 Å². The maximum absolute atomic E-state index is 13.4. The van der Waals surface area contributed by atoms with Crippen molar-refractivity contribution in [3.05, 3.63) is 69.6 Å². The van der Waals surface area contributed by atoms with Gasteiger partial charge in [-0.2, -0.15) is 0 Å². The summed E-state index contributed by atoms with van der Waals surface area (Å²) in [4.78, 5) is 41.6. The van der Waals surface area contributed by atoms with Crippen LogP contribution < -0.4 is 10.7 Å². The van der Waals surface area contributed by atoms with Crippen molar-refractivity contribution in [2.45, 2.75) is 83.0 Å². The van der Waals surface area contributed by atoms with Crippen LogP contribution in [0.4, 0.5) is 0 Å². The fourth-order valence-electron chi connectivity index (χ4n) is 5.07. The number of carbonyl (C=O) groups excluding carboxylic acids is 2. The molecule has 0 spiro atoms. The van der Waals surface area contributed by atoms with E-state index in [1.807, 2.05) is 30.3 Å². The summed E-state index contributed by atoms with van der Waals surface area (Å²) >= 11 is 0. The van der Waals surface area contributed by atoms with Crippen LogP contribution in [0.25, 0.3) is 0 Å². The number of pyridine rings is 1. The van der Waals surface area contributed by atoms with Crippen molar-refractivity contribution < 1.29 is 14.3 Å². The minimum Gasteiger partial charge on any atom is -0.376 e. The van der Waals surface area contributed by atoms with E-state index >= 15 is 0 Å². The molecule has 1 atom stereocenters. The van der Waals surface area contributed by atoms with Crippen molar-refractivity contribution in [1.82, 2.24) is 14.8 Å². The van der Waals surface area contributed by atoms with Crippen LogP contribution in [0.1, 0.15) is 84.1 Å². The molecular formula is C28H37N3O4. The normalized spacial score (nSPS) is 19.1. The average Bonchev–Trinajstić information content (AvgIpc) is 3.35. The third-order valence-electron chi connectivity index (χ3n) is 7.04. The van der Waals surface area contributed by atoms with Crippen LogP contribution in [0.15, 0.2) is 47.5 Å². The number of benzene rings is 1. The first-order valence-electron chi connectivity index (χ1n) is 13.0. The minimum absolute atomic E-state index is 0.0176. The van der Waals surface area contributed by atoms with Crippen LogP contribution in [-0.4, -0.2) is 47.1 Å². The fourth-order valence-corrected chi connectivity index (χ4v) is 5.07. The second kappa shape index (κ2) is 12.2. The standard InChI is InChI=1S/C28H37N3O4/c1-30(17-21-11-6-5-7-12-21)28(34)25-20-31(18-23-15-10-16-35-23)19-24(26(25)32)27(33)29-22-13-8-3-2-4-9-14-22/h5-7,11-12,19-20,22-23H,2-4,8-10,13-18H2,1H3,(H,29,33)/t23-/m0/s1. The van der Waals surface area contributed by atoms with Gasteiger partial charge in [0.05, 0.1) is 6.10 Å². The first-order valence-corrected chi connectivity index (χ1v) is 13.0. The summed E-state index contributed by atoms with van der Waals surface area (Å²) in [5.41, 5.74) is 0.513. The number of nitrogens with one attached hydrogen (secondary N) is 1. The molecule has 0 bridgehead atoms. The molecule has 2 fully saturated rings. The molecule has 1 aromatic heterocycles. The van der Waals surface area contributed by atoms with Gasteiger partial charge in [0.15, 0.2) is 0 Å². The van der Waals surface area contributed by atoms with E-state index in [0.29, 0.717) is 19.7 Å². The molecule has 7 heteroatoms. The zero-order valence-electron chi connectivity index (χ0n) is 20.7. The second-order valence-electron chi connectivity index (χ2n) is 9.91. The highest BCUT2D eigenvalue weighted by atomic mass is 16.5. The van der Waals surface area contributed by atoms with Crippen molar-refractivity contribution in [3.8, 4) is 0 Å². The third-order valence-corrected chi connectivity index (χ3v) is 7.04. The Balaban J connectivity index is 1.59. The molecule has 1 N–H and O–H groups in total. The van der Waals surface area contributed by atoms with Gasteiger partial charge in [-0.1, -0.05) is 62.4 Å². The Morgan fingerprint density at radius 3 is 2.34 bits per heavy atom. The molecule has 2 heterocycles. The molecule has 2 amide bonds. The molecule has 35 heavy (non-hydrogen) atoms. The van der Waals surface area contributed by atoms with Gasteiger partial charge in [-0.25, -0.2) is 0 Å². The highest BCUT2D eigenvalue weighted by Crippen LogP contribution is 2.18. The van der Waals surface area contributed by atoms with E-state index in [-0.39, 0.29) is 35.1 Å². The van der Waals surface area contributed by atoms with Crippen molar-refractivity contribution in [1.29, 1.82) is 0 Å². The summed E-state index contributed by atoms with van der Waals surface area (Å²) in [5, 5.41) is 3.09. The molecule has 0 unspecified atom stereocenters. The maximum Gasteiger partial charge on any atom is 0.259 e. The van der Waals surface area contributed by atoms with Crippen LogP contribution in [0.2, 0.25) is 0 Å². The molecule has 1 aliphatic heterocycles. The monoisotopic (exact) mass is 479 g/mol. The van der Waals surface area contributed by atoms with Gasteiger partial charge in [0, 0.05) is 45.2 Å². The van der Waals surface area contributed by atoms with E-state index in [4.69, 9.17) is 4.74 Å². The van der Waals surface area contributed by atoms with Gasteiger partial charge in [-0.3, -0.25) is 14.4 Å². The first-order chi connectivity index (χ1) is 17.0. The SMILES string of the molecule is CN(Cc1ccccc1)C(=O)c1cn(C[C@@H]2CCCO2)cc(C(=O)NC2CCCCCCC2)c1=O. The van der Waals surface area contributed by atoms with Crippen molar-refractivity contribution in [2.24, 2.45) is 0 Å². The first kappa shape index (κ1) is 25.2. The lowest BCUT2D eigenvalue weighted by Gasteiger charge is -2.22. The molecule has 7 nitrogen and oxygen atoms in total. The third kappa shape index (κ3) is 6.82. The van der Waals surface area contributed by atoms with Crippen LogP contribution in [0, 0.1) is 0 Å².